The molecule has 0 rings (SSSR count). The molecule has 0 aromatic carbocycles. The van der Waals surface area contributed by atoms with Gasteiger partial charge in [-0.1, -0.05) is 6.92 Å². The second-order valence-electron chi connectivity index (χ2n) is 3.07. The molecule has 0 aromatic heterocycles. The normalized spacial score (nSPS) is 15.3. The molecule has 12 heavy (non-hydrogen) atoms. The molecule has 1 atom stereocenters. The van der Waals surface area contributed by atoms with Crippen molar-refractivity contribution in [2.75, 3.05) is 12.4 Å². The first-order valence-corrected chi connectivity index (χ1v) is 4.64. The SMILES string of the molecule is CCCC(=O)OCC(C)(O)CS. The number of aliphatic hydroxyl groups is 1. The van der Waals surface area contributed by atoms with Crippen LogP contribution in [0.3, 0.4) is 0 Å². The van der Waals surface area contributed by atoms with Crippen molar-refractivity contribution in [3.8, 4) is 0 Å². The van der Waals surface area contributed by atoms with Crippen molar-refractivity contribution < 1.29 is 14.6 Å². The lowest BCUT2D eigenvalue weighted by molar-refractivity contribution is -0.149. The van der Waals surface area contributed by atoms with Crippen LogP contribution in [-0.2, 0) is 9.53 Å². The lowest BCUT2D eigenvalue weighted by Crippen LogP contribution is -2.33. The van der Waals surface area contributed by atoms with Crippen LogP contribution in [0.2, 0.25) is 0 Å². The largest absolute Gasteiger partial charge is 0.463 e. The van der Waals surface area contributed by atoms with Crippen LogP contribution in [-0.4, -0.2) is 29.0 Å². The maximum absolute atomic E-state index is 10.8. The van der Waals surface area contributed by atoms with Gasteiger partial charge in [0.1, 0.15) is 12.2 Å². The van der Waals surface area contributed by atoms with Crippen LogP contribution in [0.5, 0.6) is 0 Å². The van der Waals surface area contributed by atoms with Crippen molar-refractivity contribution in [2.24, 2.45) is 0 Å². The highest BCUT2D eigenvalue weighted by molar-refractivity contribution is 7.80. The van der Waals surface area contributed by atoms with Crippen LogP contribution in [0.1, 0.15) is 26.7 Å². The number of thiol groups is 1. The van der Waals surface area contributed by atoms with E-state index in [-0.39, 0.29) is 18.3 Å². The van der Waals surface area contributed by atoms with Crippen LogP contribution in [0.4, 0.5) is 0 Å². The maximum atomic E-state index is 10.8. The zero-order chi connectivity index (χ0) is 9.61. The minimum Gasteiger partial charge on any atom is -0.463 e. The highest BCUT2D eigenvalue weighted by atomic mass is 32.1. The molecule has 0 aliphatic heterocycles. The molecular formula is C8H16O3S. The quantitative estimate of drug-likeness (QED) is 0.505. The summed E-state index contributed by atoms with van der Waals surface area (Å²) in [5.41, 5.74) is -1.01. The van der Waals surface area contributed by atoms with E-state index in [2.05, 4.69) is 12.6 Å². The fourth-order valence-corrected chi connectivity index (χ4v) is 0.649. The molecule has 1 unspecified atom stereocenters. The van der Waals surface area contributed by atoms with Crippen LogP contribution >= 0.6 is 12.6 Å². The van der Waals surface area contributed by atoms with Crippen molar-refractivity contribution in [1.29, 1.82) is 0 Å². The fraction of sp³-hybridized carbons (Fsp3) is 0.875. The first-order valence-electron chi connectivity index (χ1n) is 4.00. The summed E-state index contributed by atoms with van der Waals surface area (Å²) in [6.07, 6.45) is 1.17. The van der Waals surface area contributed by atoms with E-state index in [1.165, 1.54) is 0 Å². The molecule has 1 N–H and O–H groups in total. The van der Waals surface area contributed by atoms with Crippen LogP contribution < -0.4 is 0 Å². The Morgan fingerprint density at radius 1 is 1.67 bits per heavy atom. The van der Waals surface area contributed by atoms with E-state index in [0.717, 1.165) is 6.42 Å². The Labute approximate surface area is 78.5 Å². The predicted octanol–water partition coefficient (Wildman–Crippen LogP) is 1.01. The summed E-state index contributed by atoms with van der Waals surface area (Å²) >= 11 is 3.91. The molecular weight excluding hydrogens is 176 g/mol. The number of esters is 1. The molecule has 0 amide bonds. The molecule has 72 valence electrons. The monoisotopic (exact) mass is 192 g/mol. The van der Waals surface area contributed by atoms with Gasteiger partial charge in [-0.25, -0.2) is 0 Å². The standard InChI is InChI=1S/C8H16O3S/c1-3-4-7(9)11-5-8(2,10)6-12/h10,12H,3-6H2,1-2H3. The average molecular weight is 192 g/mol. The zero-order valence-corrected chi connectivity index (χ0v) is 8.43. The number of hydrogen-bond acceptors (Lipinski definition) is 4. The summed E-state index contributed by atoms with van der Waals surface area (Å²) in [7, 11) is 0. The molecule has 3 nitrogen and oxygen atoms in total. The first kappa shape index (κ1) is 11.8. The van der Waals surface area contributed by atoms with Crippen LogP contribution in [0.15, 0.2) is 0 Å². The smallest absolute Gasteiger partial charge is 0.305 e. The van der Waals surface area contributed by atoms with E-state index in [4.69, 9.17) is 4.74 Å². The van der Waals surface area contributed by atoms with Crippen molar-refractivity contribution in [2.45, 2.75) is 32.3 Å². The predicted molar refractivity (Wildman–Crippen MR) is 50.3 cm³/mol. The Morgan fingerprint density at radius 3 is 2.67 bits per heavy atom. The molecule has 0 fully saturated rings. The number of carbonyl (C=O) groups excluding carboxylic acids is 1. The Hall–Kier alpha value is -0.220. The Kier molecular flexibility index (Phi) is 5.33. The lowest BCUT2D eigenvalue weighted by Gasteiger charge is -2.19. The minimum atomic E-state index is -1.01. The van der Waals surface area contributed by atoms with Gasteiger partial charge in [-0.2, -0.15) is 12.6 Å². The van der Waals surface area contributed by atoms with Gasteiger partial charge in [0.25, 0.3) is 0 Å². The van der Waals surface area contributed by atoms with Gasteiger partial charge < -0.3 is 9.84 Å². The van der Waals surface area contributed by atoms with Gasteiger partial charge in [-0.05, 0) is 13.3 Å². The van der Waals surface area contributed by atoms with E-state index in [9.17, 15) is 9.90 Å². The van der Waals surface area contributed by atoms with E-state index in [1.807, 2.05) is 6.92 Å². The summed E-state index contributed by atoms with van der Waals surface area (Å²) < 4.78 is 4.80. The highest BCUT2D eigenvalue weighted by Crippen LogP contribution is 2.06. The summed E-state index contributed by atoms with van der Waals surface area (Å²) in [5.74, 6) is 0.0198. The number of ether oxygens (including phenoxy) is 1. The van der Waals surface area contributed by atoms with E-state index in [1.54, 1.807) is 6.92 Å². The molecule has 0 bridgehead atoms. The molecule has 0 saturated carbocycles. The van der Waals surface area contributed by atoms with Gasteiger partial charge in [0.2, 0.25) is 0 Å². The average Bonchev–Trinajstić information content (AvgIpc) is 2.02. The Balaban J connectivity index is 3.60. The lowest BCUT2D eigenvalue weighted by atomic mass is 10.1. The third kappa shape index (κ3) is 5.43. The molecule has 0 radical (unpaired) electrons. The Morgan fingerprint density at radius 2 is 2.25 bits per heavy atom. The molecule has 4 heteroatoms. The van der Waals surface area contributed by atoms with E-state index in [0.29, 0.717) is 6.42 Å². The fourth-order valence-electron chi connectivity index (χ4n) is 0.558. The highest BCUT2D eigenvalue weighted by Gasteiger charge is 2.20. The van der Waals surface area contributed by atoms with Gasteiger partial charge >= 0.3 is 5.97 Å². The van der Waals surface area contributed by atoms with Gasteiger partial charge in [0.15, 0.2) is 0 Å². The number of carbonyl (C=O) groups is 1. The molecule has 0 aromatic rings. The van der Waals surface area contributed by atoms with Gasteiger partial charge in [-0.15, -0.1) is 0 Å². The summed E-state index contributed by atoms with van der Waals surface area (Å²) in [6.45, 7) is 3.51. The van der Waals surface area contributed by atoms with Crippen molar-refractivity contribution in [3.05, 3.63) is 0 Å². The third-order valence-corrected chi connectivity index (χ3v) is 2.02. The van der Waals surface area contributed by atoms with Crippen molar-refractivity contribution in [1.82, 2.24) is 0 Å². The molecule has 0 spiro atoms. The van der Waals surface area contributed by atoms with Gasteiger partial charge in [0.05, 0.1) is 0 Å². The molecule has 0 saturated heterocycles. The molecule has 0 heterocycles. The van der Waals surface area contributed by atoms with Crippen LogP contribution in [0, 0.1) is 0 Å². The zero-order valence-electron chi connectivity index (χ0n) is 7.54. The first-order chi connectivity index (χ1) is 5.52. The maximum Gasteiger partial charge on any atom is 0.305 e. The van der Waals surface area contributed by atoms with E-state index >= 15 is 0 Å². The van der Waals surface area contributed by atoms with Crippen molar-refractivity contribution in [3.63, 3.8) is 0 Å². The van der Waals surface area contributed by atoms with Crippen molar-refractivity contribution >= 4 is 18.6 Å². The second kappa shape index (κ2) is 5.43. The number of hydrogen-bond donors (Lipinski definition) is 2. The molecule has 0 aliphatic rings. The minimum absolute atomic E-state index is 0.0231. The van der Waals surface area contributed by atoms with Gasteiger partial charge in [-0.3, -0.25) is 4.79 Å². The van der Waals surface area contributed by atoms with E-state index < -0.39 is 5.60 Å². The summed E-state index contributed by atoms with van der Waals surface area (Å²) in [4.78, 5) is 10.8. The number of rotatable bonds is 5. The second-order valence-corrected chi connectivity index (χ2v) is 3.38. The van der Waals surface area contributed by atoms with Gasteiger partial charge in [0, 0.05) is 12.2 Å². The molecule has 0 aliphatic carbocycles. The Bertz CT molecular complexity index is 145. The van der Waals surface area contributed by atoms with Crippen LogP contribution in [0.25, 0.3) is 0 Å². The third-order valence-electron chi connectivity index (χ3n) is 1.34. The summed E-state index contributed by atoms with van der Waals surface area (Å²) in [5, 5.41) is 9.39. The summed E-state index contributed by atoms with van der Waals surface area (Å²) in [6, 6.07) is 0. The topological polar surface area (TPSA) is 46.5 Å².